The molecule has 2 N–H and O–H groups in total. The van der Waals surface area contributed by atoms with Crippen molar-refractivity contribution < 1.29 is 19.8 Å². The number of hydrogen-bond donors (Lipinski definition) is 2. The molecule has 0 heterocycles. The standard InChI is InChI=1S/C14H19NO4/c1-3-10-4-6-12(7-5-10)15(2)9-11(14(18)19)8-13(16)17/h4-7,11H,3,8-9H2,1-2H3,(H,16,17)(H,18,19). The average Bonchev–Trinajstić information content (AvgIpc) is 2.37. The summed E-state index contributed by atoms with van der Waals surface area (Å²) in [5, 5.41) is 17.7. The van der Waals surface area contributed by atoms with Gasteiger partial charge in [0.05, 0.1) is 12.3 Å². The third-order valence-electron chi connectivity index (χ3n) is 3.05. The molecule has 0 spiro atoms. The van der Waals surface area contributed by atoms with Gasteiger partial charge in [-0.15, -0.1) is 0 Å². The fraction of sp³-hybridized carbons (Fsp3) is 0.429. The van der Waals surface area contributed by atoms with Crippen LogP contribution in [0.2, 0.25) is 0 Å². The molecule has 0 saturated carbocycles. The van der Waals surface area contributed by atoms with E-state index >= 15 is 0 Å². The van der Waals surface area contributed by atoms with E-state index in [0.717, 1.165) is 12.1 Å². The quantitative estimate of drug-likeness (QED) is 0.786. The maximum atomic E-state index is 11.0. The van der Waals surface area contributed by atoms with Crippen LogP contribution in [0.4, 0.5) is 5.69 Å². The van der Waals surface area contributed by atoms with E-state index in [1.165, 1.54) is 5.56 Å². The number of aryl methyl sites for hydroxylation is 1. The highest BCUT2D eigenvalue weighted by atomic mass is 16.4. The lowest BCUT2D eigenvalue weighted by atomic mass is 10.0. The summed E-state index contributed by atoms with van der Waals surface area (Å²) < 4.78 is 0. The summed E-state index contributed by atoms with van der Waals surface area (Å²) >= 11 is 0. The number of aliphatic carboxylic acids is 2. The molecule has 0 aliphatic heterocycles. The van der Waals surface area contributed by atoms with Crippen LogP contribution in [-0.2, 0) is 16.0 Å². The lowest BCUT2D eigenvalue weighted by molar-refractivity contribution is -0.147. The minimum Gasteiger partial charge on any atom is -0.481 e. The van der Waals surface area contributed by atoms with Gasteiger partial charge in [0.1, 0.15) is 0 Å². The molecule has 0 aliphatic carbocycles. The summed E-state index contributed by atoms with van der Waals surface area (Å²) in [5.41, 5.74) is 2.09. The summed E-state index contributed by atoms with van der Waals surface area (Å²) in [4.78, 5) is 23.4. The molecule has 0 bridgehead atoms. The molecule has 5 nitrogen and oxygen atoms in total. The molecule has 1 aromatic rings. The van der Waals surface area contributed by atoms with Gasteiger partial charge < -0.3 is 15.1 Å². The Morgan fingerprint density at radius 1 is 1.21 bits per heavy atom. The van der Waals surface area contributed by atoms with Gasteiger partial charge in [-0.25, -0.2) is 0 Å². The highest BCUT2D eigenvalue weighted by molar-refractivity contribution is 5.78. The Morgan fingerprint density at radius 2 is 1.79 bits per heavy atom. The summed E-state index contributed by atoms with van der Waals surface area (Å²) in [6.45, 7) is 2.24. The van der Waals surface area contributed by atoms with E-state index in [4.69, 9.17) is 10.2 Å². The van der Waals surface area contributed by atoms with Gasteiger partial charge in [0, 0.05) is 19.3 Å². The van der Waals surface area contributed by atoms with Crippen molar-refractivity contribution in [1.29, 1.82) is 0 Å². The molecule has 1 aromatic carbocycles. The summed E-state index contributed by atoms with van der Waals surface area (Å²) in [6, 6.07) is 7.80. The zero-order valence-corrected chi connectivity index (χ0v) is 11.2. The van der Waals surface area contributed by atoms with E-state index in [2.05, 4.69) is 6.92 Å². The topological polar surface area (TPSA) is 77.8 Å². The largest absolute Gasteiger partial charge is 0.481 e. The van der Waals surface area contributed by atoms with Crippen molar-refractivity contribution in [3.05, 3.63) is 29.8 Å². The van der Waals surface area contributed by atoms with Gasteiger partial charge in [-0.2, -0.15) is 0 Å². The molecular weight excluding hydrogens is 246 g/mol. The van der Waals surface area contributed by atoms with Crippen LogP contribution in [0.15, 0.2) is 24.3 Å². The Labute approximate surface area is 112 Å². The summed E-state index contributed by atoms with van der Waals surface area (Å²) in [6.07, 6.45) is 0.577. The Hall–Kier alpha value is -2.04. The third kappa shape index (κ3) is 4.62. The monoisotopic (exact) mass is 265 g/mol. The number of hydrogen-bond acceptors (Lipinski definition) is 3. The number of nitrogens with zero attached hydrogens (tertiary/aromatic N) is 1. The van der Waals surface area contributed by atoms with Crippen LogP contribution >= 0.6 is 0 Å². The van der Waals surface area contributed by atoms with Crippen LogP contribution in [-0.4, -0.2) is 35.7 Å². The van der Waals surface area contributed by atoms with Gasteiger partial charge in [0.15, 0.2) is 0 Å². The minimum absolute atomic E-state index is 0.174. The first-order valence-electron chi connectivity index (χ1n) is 6.18. The van der Waals surface area contributed by atoms with Crippen LogP contribution in [0.1, 0.15) is 18.9 Å². The first-order valence-corrected chi connectivity index (χ1v) is 6.18. The maximum absolute atomic E-state index is 11.0. The van der Waals surface area contributed by atoms with Crippen molar-refractivity contribution in [2.75, 3.05) is 18.5 Å². The van der Waals surface area contributed by atoms with Crippen LogP contribution in [0.25, 0.3) is 0 Å². The molecule has 19 heavy (non-hydrogen) atoms. The predicted octanol–water partition coefficient (Wildman–Crippen LogP) is 1.86. The van der Waals surface area contributed by atoms with Crippen molar-refractivity contribution in [2.45, 2.75) is 19.8 Å². The van der Waals surface area contributed by atoms with Crippen molar-refractivity contribution in [2.24, 2.45) is 5.92 Å². The lowest BCUT2D eigenvalue weighted by Crippen LogP contribution is -2.31. The first kappa shape index (κ1) is 15.0. The second-order valence-electron chi connectivity index (χ2n) is 4.53. The van der Waals surface area contributed by atoms with E-state index in [-0.39, 0.29) is 13.0 Å². The molecule has 0 aliphatic rings. The van der Waals surface area contributed by atoms with Gasteiger partial charge in [-0.1, -0.05) is 19.1 Å². The SMILES string of the molecule is CCc1ccc(N(C)CC(CC(=O)O)C(=O)O)cc1. The second-order valence-corrected chi connectivity index (χ2v) is 4.53. The van der Waals surface area contributed by atoms with Gasteiger partial charge in [-0.3, -0.25) is 9.59 Å². The Morgan fingerprint density at radius 3 is 2.21 bits per heavy atom. The Bertz CT molecular complexity index is 441. The van der Waals surface area contributed by atoms with E-state index in [1.54, 1.807) is 11.9 Å². The predicted molar refractivity (Wildman–Crippen MR) is 72.5 cm³/mol. The molecule has 5 heteroatoms. The average molecular weight is 265 g/mol. The highest BCUT2D eigenvalue weighted by Crippen LogP contribution is 2.17. The Kier molecular flexibility index (Phi) is 5.36. The smallest absolute Gasteiger partial charge is 0.308 e. The van der Waals surface area contributed by atoms with Crippen molar-refractivity contribution in [3.63, 3.8) is 0 Å². The molecule has 0 aromatic heterocycles. The van der Waals surface area contributed by atoms with Gasteiger partial charge >= 0.3 is 11.9 Å². The number of carboxylic acid groups (broad SMARTS) is 2. The molecule has 0 amide bonds. The van der Waals surface area contributed by atoms with E-state index in [9.17, 15) is 9.59 Å². The van der Waals surface area contributed by atoms with Crippen LogP contribution in [0.3, 0.4) is 0 Å². The van der Waals surface area contributed by atoms with E-state index < -0.39 is 17.9 Å². The van der Waals surface area contributed by atoms with Crippen LogP contribution in [0.5, 0.6) is 0 Å². The fourth-order valence-electron chi connectivity index (χ4n) is 1.86. The van der Waals surface area contributed by atoms with Crippen molar-refractivity contribution in [1.82, 2.24) is 0 Å². The normalized spacial score (nSPS) is 11.9. The van der Waals surface area contributed by atoms with Crippen LogP contribution in [0, 0.1) is 5.92 Å². The van der Waals surface area contributed by atoms with E-state index in [1.807, 2.05) is 24.3 Å². The zero-order valence-electron chi connectivity index (χ0n) is 11.2. The van der Waals surface area contributed by atoms with Gasteiger partial charge in [-0.05, 0) is 24.1 Å². The Balaban J connectivity index is 2.72. The highest BCUT2D eigenvalue weighted by Gasteiger charge is 2.22. The van der Waals surface area contributed by atoms with Crippen molar-refractivity contribution in [3.8, 4) is 0 Å². The second kappa shape index (κ2) is 6.78. The summed E-state index contributed by atoms with van der Waals surface area (Å²) in [7, 11) is 1.76. The molecule has 1 rings (SSSR count). The first-order chi connectivity index (χ1) is 8.93. The molecule has 0 saturated heterocycles. The number of benzene rings is 1. The number of anilines is 1. The zero-order chi connectivity index (χ0) is 14.4. The minimum atomic E-state index is -1.10. The maximum Gasteiger partial charge on any atom is 0.308 e. The molecule has 1 unspecified atom stereocenters. The van der Waals surface area contributed by atoms with Gasteiger partial charge in [0.2, 0.25) is 0 Å². The molecular formula is C14H19NO4. The lowest BCUT2D eigenvalue weighted by Gasteiger charge is -2.22. The molecule has 0 radical (unpaired) electrons. The number of rotatable bonds is 7. The van der Waals surface area contributed by atoms with E-state index in [0.29, 0.717) is 0 Å². The van der Waals surface area contributed by atoms with Crippen LogP contribution < -0.4 is 4.90 Å². The molecule has 1 atom stereocenters. The summed E-state index contributed by atoms with van der Waals surface area (Å²) in [5.74, 6) is -3.09. The fourth-order valence-corrected chi connectivity index (χ4v) is 1.86. The molecule has 104 valence electrons. The molecule has 0 fully saturated rings. The van der Waals surface area contributed by atoms with Gasteiger partial charge in [0.25, 0.3) is 0 Å². The third-order valence-corrected chi connectivity index (χ3v) is 3.05. The van der Waals surface area contributed by atoms with Crippen molar-refractivity contribution >= 4 is 17.6 Å². The number of carbonyl (C=O) groups is 2. The number of carboxylic acids is 2.